The van der Waals surface area contributed by atoms with Crippen LogP contribution < -0.4 is 5.32 Å². The Morgan fingerprint density at radius 1 is 0.429 bits per heavy atom. The Hall–Kier alpha value is -1.40. The first kappa shape index (κ1) is 61.6. The SMILES string of the molecule is CCCCCCCC/C=C\CCCCCCCC(=O)OCCCCCCCCCCCCCCCCCC(=O)NC(CO)C(O)CCCCCCCCCCCCCCCCCC. The number of aliphatic hydroxyl groups excluding tert-OH is 2. The summed E-state index contributed by atoms with van der Waals surface area (Å²) in [5.41, 5.74) is 0. The van der Waals surface area contributed by atoms with Gasteiger partial charge in [-0.1, -0.05) is 264 Å². The number of carbonyl (C=O) groups is 2. The van der Waals surface area contributed by atoms with Gasteiger partial charge in [0.15, 0.2) is 0 Å². The highest BCUT2D eigenvalue weighted by Crippen LogP contribution is 2.17. The van der Waals surface area contributed by atoms with Crippen LogP contribution >= 0.6 is 0 Å². The van der Waals surface area contributed by atoms with Crippen molar-refractivity contribution in [2.75, 3.05) is 13.2 Å². The third-order valence-corrected chi connectivity index (χ3v) is 13.3. The Bertz CT molecular complexity index is 939. The van der Waals surface area contributed by atoms with Crippen LogP contribution in [0.3, 0.4) is 0 Å². The second-order valence-electron chi connectivity index (χ2n) is 19.6. The monoisotopic (exact) mass is 890 g/mol. The lowest BCUT2D eigenvalue weighted by molar-refractivity contribution is -0.143. The lowest BCUT2D eigenvalue weighted by atomic mass is 10.0. The van der Waals surface area contributed by atoms with Crippen LogP contribution in [0.25, 0.3) is 0 Å². The molecule has 0 aliphatic carbocycles. The highest BCUT2D eigenvalue weighted by molar-refractivity contribution is 5.76. The van der Waals surface area contributed by atoms with E-state index in [1.807, 2.05) is 0 Å². The van der Waals surface area contributed by atoms with Crippen molar-refractivity contribution in [2.24, 2.45) is 0 Å². The molecule has 0 spiro atoms. The fraction of sp³-hybridized carbons (Fsp3) is 0.930. The molecule has 1 amide bonds. The molecule has 374 valence electrons. The lowest BCUT2D eigenvalue weighted by Gasteiger charge is -2.22. The minimum atomic E-state index is -0.669. The molecule has 0 saturated heterocycles. The molecule has 0 aromatic carbocycles. The largest absolute Gasteiger partial charge is 0.466 e. The van der Waals surface area contributed by atoms with Crippen LogP contribution in [0, 0.1) is 0 Å². The van der Waals surface area contributed by atoms with Crippen molar-refractivity contribution in [2.45, 2.75) is 328 Å². The number of allylic oxidation sites excluding steroid dienone is 2. The summed E-state index contributed by atoms with van der Waals surface area (Å²) in [4.78, 5) is 24.5. The van der Waals surface area contributed by atoms with E-state index in [1.54, 1.807) is 0 Å². The van der Waals surface area contributed by atoms with Gasteiger partial charge < -0.3 is 20.3 Å². The molecule has 2 unspecified atom stereocenters. The number of hydrogen-bond acceptors (Lipinski definition) is 5. The maximum Gasteiger partial charge on any atom is 0.305 e. The topological polar surface area (TPSA) is 95.9 Å². The molecule has 0 fully saturated rings. The summed E-state index contributed by atoms with van der Waals surface area (Å²) in [7, 11) is 0. The summed E-state index contributed by atoms with van der Waals surface area (Å²) in [6.45, 7) is 4.94. The van der Waals surface area contributed by atoms with Crippen LogP contribution in [0.2, 0.25) is 0 Å². The number of amides is 1. The predicted octanol–water partition coefficient (Wildman–Crippen LogP) is 17.3. The van der Waals surface area contributed by atoms with Crippen molar-refractivity contribution >= 4 is 11.9 Å². The molecule has 0 aromatic rings. The average molecular weight is 891 g/mol. The fourth-order valence-electron chi connectivity index (χ4n) is 8.93. The first-order valence-corrected chi connectivity index (χ1v) is 28.4. The maximum atomic E-state index is 12.5. The smallest absolute Gasteiger partial charge is 0.305 e. The van der Waals surface area contributed by atoms with Gasteiger partial charge in [0.1, 0.15) is 0 Å². The lowest BCUT2D eigenvalue weighted by Crippen LogP contribution is -2.45. The Morgan fingerprint density at radius 2 is 0.746 bits per heavy atom. The van der Waals surface area contributed by atoms with Gasteiger partial charge in [0.05, 0.1) is 25.4 Å². The number of rotatable bonds is 53. The average Bonchev–Trinajstić information content (AvgIpc) is 3.28. The number of carbonyl (C=O) groups excluding carboxylic acids is 2. The van der Waals surface area contributed by atoms with E-state index < -0.39 is 12.1 Å². The number of unbranched alkanes of at least 4 members (excludes halogenated alkanes) is 40. The van der Waals surface area contributed by atoms with E-state index in [0.717, 1.165) is 51.4 Å². The van der Waals surface area contributed by atoms with E-state index in [1.165, 1.54) is 231 Å². The van der Waals surface area contributed by atoms with Crippen molar-refractivity contribution in [3.63, 3.8) is 0 Å². The van der Waals surface area contributed by atoms with Gasteiger partial charge >= 0.3 is 5.97 Å². The van der Waals surface area contributed by atoms with Crippen LogP contribution in [0.15, 0.2) is 12.2 Å². The van der Waals surface area contributed by atoms with Crippen molar-refractivity contribution in [3.05, 3.63) is 12.2 Å². The molecule has 2 atom stereocenters. The summed E-state index contributed by atoms with van der Waals surface area (Å²) in [5, 5.41) is 23.3. The van der Waals surface area contributed by atoms with Crippen LogP contribution in [-0.4, -0.2) is 47.4 Å². The third kappa shape index (κ3) is 49.9. The Morgan fingerprint density at radius 3 is 1.13 bits per heavy atom. The van der Waals surface area contributed by atoms with Crippen molar-refractivity contribution < 1.29 is 24.5 Å². The maximum absolute atomic E-state index is 12.5. The normalized spacial score (nSPS) is 12.6. The predicted molar refractivity (Wildman–Crippen MR) is 273 cm³/mol. The highest BCUT2D eigenvalue weighted by Gasteiger charge is 2.20. The summed E-state index contributed by atoms with van der Waals surface area (Å²) >= 11 is 0. The van der Waals surface area contributed by atoms with Gasteiger partial charge in [-0.15, -0.1) is 0 Å². The molecule has 0 aromatic heterocycles. The zero-order valence-corrected chi connectivity index (χ0v) is 42.6. The van der Waals surface area contributed by atoms with E-state index in [9.17, 15) is 19.8 Å². The standard InChI is InChI=1S/C57H111NO5/c1-3-5-7-9-11-13-15-17-19-22-25-29-33-37-41-45-49-55(60)54(53-59)58-56(61)50-46-42-38-34-30-26-23-20-24-28-32-36-40-44-48-52-63-57(62)51-47-43-39-35-31-27-21-18-16-14-12-10-8-6-4-2/h18,21,54-55,59-60H,3-17,19-20,22-53H2,1-2H3,(H,58,61)/b21-18-. The second kappa shape index (κ2) is 53.2. The minimum absolute atomic E-state index is 0.00657. The summed E-state index contributed by atoms with van der Waals surface area (Å²) in [6, 6.07) is -0.547. The van der Waals surface area contributed by atoms with Gasteiger partial charge in [-0.25, -0.2) is 0 Å². The molecular formula is C57H111NO5. The minimum Gasteiger partial charge on any atom is -0.466 e. The summed E-state index contributed by atoms with van der Waals surface area (Å²) in [5.74, 6) is -0.0481. The van der Waals surface area contributed by atoms with Crippen LogP contribution in [0.4, 0.5) is 0 Å². The van der Waals surface area contributed by atoms with E-state index in [-0.39, 0.29) is 18.5 Å². The Labute approximate surface area is 393 Å². The molecule has 6 heteroatoms. The van der Waals surface area contributed by atoms with Crippen LogP contribution in [0.1, 0.15) is 316 Å². The van der Waals surface area contributed by atoms with Crippen LogP contribution in [0.5, 0.6) is 0 Å². The second-order valence-corrected chi connectivity index (χ2v) is 19.6. The van der Waals surface area contributed by atoms with E-state index in [0.29, 0.717) is 25.9 Å². The van der Waals surface area contributed by atoms with Gasteiger partial charge in [0.25, 0.3) is 0 Å². The zero-order chi connectivity index (χ0) is 45.8. The van der Waals surface area contributed by atoms with Crippen molar-refractivity contribution in [1.82, 2.24) is 5.32 Å². The van der Waals surface area contributed by atoms with Gasteiger partial charge in [0.2, 0.25) is 5.91 Å². The highest BCUT2D eigenvalue weighted by atomic mass is 16.5. The molecule has 63 heavy (non-hydrogen) atoms. The zero-order valence-electron chi connectivity index (χ0n) is 42.6. The molecule has 0 heterocycles. The quantitative estimate of drug-likeness (QED) is 0.0321. The molecule has 0 saturated carbocycles. The summed E-state index contributed by atoms with van der Waals surface area (Å²) < 4.78 is 5.47. The molecular weight excluding hydrogens is 779 g/mol. The van der Waals surface area contributed by atoms with E-state index in [2.05, 4.69) is 31.3 Å². The van der Waals surface area contributed by atoms with Crippen molar-refractivity contribution in [3.8, 4) is 0 Å². The number of esters is 1. The molecule has 0 rings (SSSR count). The van der Waals surface area contributed by atoms with Crippen molar-refractivity contribution in [1.29, 1.82) is 0 Å². The number of ether oxygens (including phenoxy) is 1. The molecule has 0 aliphatic rings. The summed E-state index contributed by atoms with van der Waals surface area (Å²) in [6.07, 6.45) is 61.9. The molecule has 6 nitrogen and oxygen atoms in total. The van der Waals surface area contributed by atoms with Gasteiger partial charge in [0, 0.05) is 12.8 Å². The van der Waals surface area contributed by atoms with E-state index in [4.69, 9.17) is 4.74 Å². The molecule has 0 radical (unpaired) electrons. The molecule has 0 aliphatic heterocycles. The first-order chi connectivity index (χ1) is 31.0. The fourth-order valence-corrected chi connectivity index (χ4v) is 8.93. The first-order valence-electron chi connectivity index (χ1n) is 28.4. The van der Waals surface area contributed by atoms with Gasteiger partial charge in [-0.2, -0.15) is 0 Å². The van der Waals surface area contributed by atoms with Crippen LogP contribution in [-0.2, 0) is 14.3 Å². The Balaban J connectivity index is 3.43. The number of aliphatic hydroxyl groups is 2. The van der Waals surface area contributed by atoms with E-state index >= 15 is 0 Å². The van der Waals surface area contributed by atoms with Gasteiger partial charge in [-0.3, -0.25) is 9.59 Å². The molecule has 0 bridgehead atoms. The third-order valence-electron chi connectivity index (χ3n) is 13.3. The Kier molecular flexibility index (Phi) is 52.0. The van der Waals surface area contributed by atoms with Gasteiger partial charge in [-0.05, 0) is 51.4 Å². The molecule has 3 N–H and O–H groups in total. The number of nitrogens with one attached hydrogen (secondary N) is 1. The number of hydrogen-bond donors (Lipinski definition) is 3.